The Morgan fingerprint density at radius 3 is 2.80 bits per heavy atom. The minimum atomic E-state index is -0.939. The Bertz CT molecular complexity index is 351. The van der Waals surface area contributed by atoms with Crippen molar-refractivity contribution in [3.8, 4) is 5.75 Å². The molecule has 1 aromatic rings. The third kappa shape index (κ3) is 3.77. The Kier molecular flexibility index (Phi) is 4.39. The van der Waals surface area contributed by atoms with Gasteiger partial charge in [0.1, 0.15) is 12.4 Å². The molecule has 2 N–H and O–H groups in total. The predicted octanol–water partition coefficient (Wildman–Crippen LogP) is 1.34. The van der Waals surface area contributed by atoms with Crippen LogP contribution in [-0.2, 0) is 11.2 Å². The molecule has 1 aromatic carbocycles. The highest BCUT2D eigenvalue weighted by Gasteiger charge is 2.08. The van der Waals surface area contributed by atoms with Crippen molar-refractivity contribution in [2.24, 2.45) is 0 Å². The summed E-state index contributed by atoms with van der Waals surface area (Å²) in [5.74, 6) is -0.537. The van der Waals surface area contributed by atoms with Gasteiger partial charge in [-0.2, -0.15) is 0 Å². The first-order valence-electron chi connectivity index (χ1n) is 4.37. The third-order valence-corrected chi connectivity index (χ3v) is 1.95. The number of hydrogen-bond acceptors (Lipinski definition) is 3. The van der Waals surface area contributed by atoms with Crippen molar-refractivity contribution < 1.29 is 19.7 Å². The summed E-state index contributed by atoms with van der Waals surface area (Å²) in [5.41, 5.74) is 0.542. The van der Waals surface area contributed by atoms with Gasteiger partial charge in [-0.15, -0.1) is 0 Å². The van der Waals surface area contributed by atoms with Gasteiger partial charge >= 0.3 is 5.97 Å². The Balaban J connectivity index is 2.87. The maximum atomic E-state index is 10.5. The van der Waals surface area contributed by atoms with E-state index in [0.29, 0.717) is 16.3 Å². The lowest BCUT2D eigenvalue weighted by Crippen LogP contribution is -2.06. The topological polar surface area (TPSA) is 66.8 Å². The molecule has 4 nitrogen and oxygen atoms in total. The molecule has 1 rings (SSSR count). The van der Waals surface area contributed by atoms with Crippen LogP contribution in [0.15, 0.2) is 18.2 Å². The van der Waals surface area contributed by atoms with Gasteiger partial charge in [0.15, 0.2) is 0 Å². The zero-order valence-corrected chi connectivity index (χ0v) is 8.70. The van der Waals surface area contributed by atoms with Gasteiger partial charge in [0, 0.05) is 10.6 Å². The predicted molar refractivity (Wildman–Crippen MR) is 55.4 cm³/mol. The molecule has 0 fully saturated rings. The van der Waals surface area contributed by atoms with E-state index in [1.807, 2.05) is 0 Å². The standard InChI is InChI=1S/C10H11ClO4/c11-8-2-1-7(5-10(13)14)9(6-8)15-4-3-12/h1-2,6,12H,3-5H2,(H,13,14). The van der Waals surface area contributed by atoms with Crippen molar-refractivity contribution in [2.45, 2.75) is 6.42 Å². The average Bonchev–Trinajstić information content (AvgIpc) is 2.18. The monoisotopic (exact) mass is 230 g/mol. The number of carbonyl (C=O) groups is 1. The van der Waals surface area contributed by atoms with Gasteiger partial charge in [-0.3, -0.25) is 4.79 Å². The minimum Gasteiger partial charge on any atom is -0.491 e. The molecule has 0 aromatic heterocycles. The van der Waals surface area contributed by atoms with Crippen LogP contribution in [-0.4, -0.2) is 29.4 Å². The highest BCUT2D eigenvalue weighted by atomic mass is 35.5. The van der Waals surface area contributed by atoms with Crippen LogP contribution in [0.1, 0.15) is 5.56 Å². The molecule has 0 unspecified atom stereocenters. The number of aliphatic hydroxyl groups is 1. The summed E-state index contributed by atoms with van der Waals surface area (Å²) in [4.78, 5) is 10.5. The van der Waals surface area contributed by atoms with Crippen LogP contribution in [0.4, 0.5) is 0 Å². The summed E-state index contributed by atoms with van der Waals surface area (Å²) in [5, 5.41) is 17.7. The molecule has 15 heavy (non-hydrogen) atoms. The van der Waals surface area contributed by atoms with E-state index in [2.05, 4.69) is 0 Å². The fourth-order valence-electron chi connectivity index (χ4n) is 1.13. The van der Waals surface area contributed by atoms with E-state index in [4.69, 9.17) is 26.6 Å². The molecule has 0 radical (unpaired) electrons. The van der Waals surface area contributed by atoms with Crippen LogP contribution in [0.2, 0.25) is 5.02 Å². The van der Waals surface area contributed by atoms with Gasteiger partial charge in [0.2, 0.25) is 0 Å². The lowest BCUT2D eigenvalue weighted by Gasteiger charge is -2.09. The van der Waals surface area contributed by atoms with E-state index in [0.717, 1.165) is 0 Å². The fourth-order valence-corrected chi connectivity index (χ4v) is 1.29. The molecule has 0 saturated carbocycles. The number of hydrogen-bond donors (Lipinski definition) is 2. The van der Waals surface area contributed by atoms with Gasteiger partial charge in [0.25, 0.3) is 0 Å². The molecule has 0 heterocycles. The van der Waals surface area contributed by atoms with Gasteiger partial charge in [-0.05, 0) is 12.1 Å². The van der Waals surface area contributed by atoms with Gasteiger partial charge < -0.3 is 14.9 Å². The normalized spacial score (nSPS) is 10.0. The smallest absolute Gasteiger partial charge is 0.307 e. The summed E-state index contributed by atoms with van der Waals surface area (Å²) >= 11 is 5.74. The highest BCUT2D eigenvalue weighted by molar-refractivity contribution is 6.30. The second-order valence-electron chi connectivity index (χ2n) is 2.89. The third-order valence-electron chi connectivity index (χ3n) is 1.72. The summed E-state index contributed by atoms with van der Waals surface area (Å²) in [7, 11) is 0. The molecular weight excluding hydrogens is 220 g/mol. The van der Waals surface area contributed by atoms with Gasteiger partial charge in [-0.25, -0.2) is 0 Å². The molecule has 0 aliphatic carbocycles. The van der Waals surface area contributed by atoms with E-state index in [1.165, 1.54) is 6.07 Å². The van der Waals surface area contributed by atoms with E-state index >= 15 is 0 Å². The Morgan fingerprint density at radius 1 is 1.47 bits per heavy atom. The molecule has 5 heteroatoms. The molecule has 0 aliphatic rings. The number of rotatable bonds is 5. The van der Waals surface area contributed by atoms with Crippen molar-refractivity contribution >= 4 is 17.6 Å². The molecule has 0 aliphatic heterocycles. The molecule has 82 valence electrons. The van der Waals surface area contributed by atoms with Gasteiger partial charge in [-0.1, -0.05) is 17.7 Å². The molecule has 0 bridgehead atoms. The number of aliphatic carboxylic acids is 1. The first kappa shape index (κ1) is 11.8. The number of benzene rings is 1. The van der Waals surface area contributed by atoms with Crippen molar-refractivity contribution in [3.63, 3.8) is 0 Å². The van der Waals surface area contributed by atoms with Crippen LogP contribution in [0, 0.1) is 0 Å². The lowest BCUT2D eigenvalue weighted by atomic mass is 10.1. The SMILES string of the molecule is O=C(O)Cc1ccc(Cl)cc1OCCO. The average molecular weight is 231 g/mol. The number of carboxylic acid groups (broad SMARTS) is 1. The zero-order chi connectivity index (χ0) is 11.3. The maximum Gasteiger partial charge on any atom is 0.307 e. The number of ether oxygens (including phenoxy) is 1. The van der Waals surface area contributed by atoms with Crippen molar-refractivity contribution in [1.82, 2.24) is 0 Å². The van der Waals surface area contributed by atoms with Crippen molar-refractivity contribution in [3.05, 3.63) is 28.8 Å². The summed E-state index contributed by atoms with van der Waals surface area (Å²) in [6.45, 7) is -0.00795. The van der Waals surface area contributed by atoms with Crippen LogP contribution in [0.5, 0.6) is 5.75 Å². The molecule has 0 saturated heterocycles. The molecule has 0 spiro atoms. The number of carboxylic acids is 1. The van der Waals surface area contributed by atoms with Crippen molar-refractivity contribution in [2.75, 3.05) is 13.2 Å². The minimum absolute atomic E-state index is 0.118. The fraction of sp³-hybridized carbons (Fsp3) is 0.300. The quantitative estimate of drug-likeness (QED) is 0.801. The van der Waals surface area contributed by atoms with Crippen LogP contribution in [0.25, 0.3) is 0 Å². The first-order chi connectivity index (χ1) is 7.13. The Labute approximate surface area is 92.1 Å². The van der Waals surface area contributed by atoms with Gasteiger partial charge in [0.05, 0.1) is 13.0 Å². The summed E-state index contributed by atoms with van der Waals surface area (Å²) < 4.78 is 5.17. The summed E-state index contributed by atoms with van der Waals surface area (Å²) in [6, 6.07) is 4.74. The van der Waals surface area contributed by atoms with E-state index < -0.39 is 5.97 Å². The van der Waals surface area contributed by atoms with Crippen LogP contribution < -0.4 is 4.74 Å². The molecule has 0 atom stereocenters. The summed E-state index contributed by atoms with van der Waals surface area (Å²) in [6.07, 6.45) is -0.127. The second-order valence-corrected chi connectivity index (χ2v) is 3.33. The lowest BCUT2D eigenvalue weighted by molar-refractivity contribution is -0.136. The molecule has 0 amide bonds. The highest BCUT2D eigenvalue weighted by Crippen LogP contribution is 2.23. The Hall–Kier alpha value is -1.26. The molecular formula is C10H11ClO4. The zero-order valence-electron chi connectivity index (χ0n) is 7.94. The van der Waals surface area contributed by atoms with Crippen LogP contribution >= 0.6 is 11.6 Å². The first-order valence-corrected chi connectivity index (χ1v) is 4.75. The number of aliphatic hydroxyl groups excluding tert-OH is 1. The van der Waals surface area contributed by atoms with E-state index in [-0.39, 0.29) is 19.6 Å². The largest absolute Gasteiger partial charge is 0.491 e. The van der Waals surface area contributed by atoms with Crippen molar-refractivity contribution in [1.29, 1.82) is 0 Å². The van der Waals surface area contributed by atoms with E-state index in [9.17, 15) is 4.79 Å². The second kappa shape index (κ2) is 5.58. The number of halogens is 1. The van der Waals surface area contributed by atoms with Crippen LogP contribution in [0.3, 0.4) is 0 Å². The van der Waals surface area contributed by atoms with E-state index in [1.54, 1.807) is 12.1 Å². The Morgan fingerprint density at radius 2 is 2.20 bits per heavy atom. The maximum absolute atomic E-state index is 10.5.